The molecule has 1 fully saturated rings. The lowest BCUT2D eigenvalue weighted by Gasteiger charge is -2.23. The van der Waals surface area contributed by atoms with E-state index in [1.54, 1.807) is 20.3 Å². The average Bonchev–Trinajstić information content (AvgIpc) is 3.36. The molecule has 128 valence electrons. The number of carbonyl (C=O) groups excluding carboxylic acids is 1. The van der Waals surface area contributed by atoms with Gasteiger partial charge in [-0.15, -0.1) is 11.3 Å². The topological polar surface area (TPSA) is 38.8 Å². The van der Waals surface area contributed by atoms with Crippen molar-refractivity contribution < 1.29 is 14.3 Å². The standard InChI is InChI=1S/C17H17Cl2NO3S/c1-22-12-5-6-14(23-2)10(7-12)9-20(11-3-4-11)17(21)13-8-15(18)24-16(13)19/h5-8,11H,3-4,9H2,1-2H3. The number of ether oxygens (including phenoxy) is 2. The van der Waals surface area contributed by atoms with Crippen molar-refractivity contribution in [2.75, 3.05) is 14.2 Å². The van der Waals surface area contributed by atoms with E-state index in [4.69, 9.17) is 32.7 Å². The van der Waals surface area contributed by atoms with Gasteiger partial charge in [0.25, 0.3) is 5.91 Å². The lowest BCUT2D eigenvalue weighted by molar-refractivity contribution is 0.0729. The van der Waals surface area contributed by atoms with Crippen LogP contribution < -0.4 is 9.47 Å². The maximum Gasteiger partial charge on any atom is 0.256 e. The molecule has 0 N–H and O–H groups in total. The predicted molar refractivity (Wildman–Crippen MR) is 96.8 cm³/mol. The fraction of sp³-hybridized carbons (Fsp3) is 0.353. The smallest absolute Gasteiger partial charge is 0.256 e. The lowest BCUT2D eigenvalue weighted by Crippen LogP contribution is -2.32. The molecule has 1 aliphatic carbocycles. The summed E-state index contributed by atoms with van der Waals surface area (Å²) in [6.07, 6.45) is 1.99. The van der Waals surface area contributed by atoms with Crippen LogP contribution in [0.3, 0.4) is 0 Å². The average molecular weight is 386 g/mol. The van der Waals surface area contributed by atoms with E-state index in [2.05, 4.69) is 0 Å². The van der Waals surface area contributed by atoms with Crippen LogP contribution >= 0.6 is 34.5 Å². The highest BCUT2D eigenvalue weighted by Crippen LogP contribution is 2.37. The molecule has 0 bridgehead atoms. The molecule has 4 nitrogen and oxygen atoms in total. The Kier molecular flexibility index (Phi) is 5.23. The van der Waals surface area contributed by atoms with Crippen LogP contribution in [0.1, 0.15) is 28.8 Å². The first-order valence-corrected chi connectivity index (χ1v) is 9.07. The van der Waals surface area contributed by atoms with Crippen LogP contribution in [0.2, 0.25) is 8.67 Å². The predicted octanol–water partition coefficient (Wildman–Crippen LogP) is 4.88. The Balaban J connectivity index is 1.90. The number of carbonyl (C=O) groups is 1. The zero-order valence-corrected chi connectivity index (χ0v) is 15.7. The summed E-state index contributed by atoms with van der Waals surface area (Å²) in [4.78, 5) is 14.8. The molecule has 0 aliphatic heterocycles. The van der Waals surface area contributed by atoms with Crippen molar-refractivity contribution in [1.29, 1.82) is 0 Å². The Morgan fingerprint density at radius 2 is 2.00 bits per heavy atom. The van der Waals surface area contributed by atoms with E-state index in [-0.39, 0.29) is 11.9 Å². The second kappa shape index (κ2) is 7.21. The third-order valence-corrected chi connectivity index (χ3v) is 5.45. The monoisotopic (exact) mass is 385 g/mol. The van der Waals surface area contributed by atoms with E-state index < -0.39 is 0 Å². The van der Waals surface area contributed by atoms with Gasteiger partial charge in [0.2, 0.25) is 0 Å². The van der Waals surface area contributed by atoms with Crippen LogP contribution in [0, 0.1) is 0 Å². The molecule has 0 radical (unpaired) electrons. The van der Waals surface area contributed by atoms with Crippen molar-refractivity contribution in [3.05, 3.63) is 44.1 Å². The minimum atomic E-state index is -0.101. The molecule has 0 atom stereocenters. The number of amides is 1. The summed E-state index contributed by atoms with van der Waals surface area (Å²) < 4.78 is 11.6. The third kappa shape index (κ3) is 3.63. The molecule has 7 heteroatoms. The first-order valence-electron chi connectivity index (χ1n) is 7.50. The molecule has 2 aromatic rings. The van der Waals surface area contributed by atoms with Gasteiger partial charge in [-0.2, -0.15) is 0 Å². The first-order chi connectivity index (χ1) is 11.5. The molecular formula is C17H17Cl2NO3S. The van der Waals surface area contributed by atoms with Gasteiger partial charge in [-0.3, -0.25) is 4.79 Å². The van der Waals surface area contributed by atoms with Gasteiger partial charge < -0.3 is 14.4 Å². The zero-order valence-electron chi connectivity index (χ0n) is 13.3. The molecular weight excluding hydrogens is 369 g/mol. The largest absolute Gasteiger partial charge is 0.497 e. The maximum absolute atomic E-state index is 12.9. The first kappa shape index (κ1) is 17.4. The number of hydrogen-bond acceptors (Lipinski definition) is 4. The maximum atomic E-state index is 12.9. The normalized spacial score (nSPS) is 13.7. The molecule has 24 heavy (non-hydrogen) atoms. The van der Waals surface area contributed by atoms with Gasteiger partial charge in [0.1, 0.15) is 15.8 Å². The molecule has 1 amide bonds. The van der Waals surface area contributed by atoms with Gasteiger partial charge in [0.15, 0.2) is 0 Å². The number of halogens is 2. The Bertz CT molecular complexity index is 758. The lowest BCUT2D eigenvalue weighted by atomic mass is 10.1. The van der Waals surface area contributed by atoms with Crippen molar-refractivity contribution in [2.45, 2.75) is 25.4 Å². The van der Waals surface area contributed by atoms with Gasteiger partial charge >= 0.3 is 0 Å². The fourth-order valence-electron chi connectivity index (χ4n) is 2.58. The highest BCUT2D eigenvalue weighted by Gasteiger charge is 2.35. The van der Waals surface area contributed by atoms with Gasteiger partial charge in [-0.25, -0.2) is 0 Å². The Hall–Kier alpha value is -1.43. The quantitative estimate of drug-likeness (QED) is 0.711. The number of thiophene rings is 1. The van der Waals surface area contributed by atoms with Gasteiger partial charge in [0, 0.05) is 11.6 Å². The Labute approximate surface area is 154 Å². The van der Waals surface area contributed by atoms with Crippen molar-refractivity contribution >= 4 is 40.4 Å². The minimum absolute atomic E-state index is 0.101. The van der Waals surface area contributed by atoms with E-state index in [1.165, 1.54) is 11.3 Å². The zero-order chi connectivity index (χ0) is 17.3. The van der Waals surface area contributed by atoms with E-state index >= 15 is 0 Å². The van der Waals surface area contributed by atoms with E-state index in [0.29, 0.717) is 20.8 Å². The SMILES string of the molecule is COc1ccc(OC)c(CN(C(=O)c2cc(Cl)sc2Cl)C2CC2)c1. The molecule has 0 saturated heterocycles. The molecule has 1 heterocycles. The number of methoxy groups -OCH3 is 2. The molecule has 0 spiro atoms. The van der Waals surface area contributed by atoms with Crippen molar-refractivity contribution in [2.24, 2.45) is 0 Å². The van der Waals surface area contributed by atoms with Gasteiger partial charge in [0.05, 0.1) is 30.7 Å². The number of benzene rings is 1. The Morgan fingerprint density at radius 1 is 1.25 bits per heavy atom. The van der Waals surface area contributed by atoms with Gasteiger partial charge in [-0.1, -0.05) is 23.2 Å². The molecule has 1 aliphatic rings. The summed E-state index contributed by atoms with van der Waals surface area (Å²) in [5, 5.41) is 0. The summed E-state index contributed by atoms with van der Waals surface area (Å²) >= 11 is 13.3. The fourth-order valence-corrected chi connectivity index (χ4v) is 4.03. The number of rotatable bonds is 6. The number of hydrogen-bond donors (Lipinski definition) is 0. The second-order valence-electron chi connectivity index (χ2n) is 5.58. The van der Waals surface area contributed by atoms with Crippen molar-refractivity contribution in [3.8, 4) is 11.5 Å². The van der Waals surface area contributed by atoms with E-state index in [9.17, 15) is 4.79 Å². The van der Waals surface area contributed by atoms with Crippen LogP contribution in [0.4, 0.5) is 0 Å². The van der Waals surface area contributed by atoms with E-state index in [0.717, 1.165) is 29.9 Å². The molecule has 3 rings (SSSR count). The van der Waals surface area contributed by atoms with Crippen LogP contribution in [-0.4, -0.2) is 31.1 Å². The second-order valence-corrected chi connectivity index (χ2v) is 7.87. The Morgan fingerprint density at radius 3 is 2.54 bits per heavy atom. The van der Waals surface area contributed by atoms with Crippen LogP contribution in [0.15, 0.2) is 24.3 Å². The van der Waals surface area contributed by atoms with Crippen LogP contribution in [0.25, 0.3) is 0 Å². The molecule has 1 aromatic carbocycles. The minimum Gasteiger partial charge on any atom is -0.497 e. The summed E-state index contributed by atoms with van der Waals surface area (Å²) in [6, 6.07) is 7.43. The molecule has 1 saturated carbocycles. The van der Waals surface area contributed by atoms with Crippen LogP contribution in [-0.2, 0) is 6.54 Å². The summed E-state index contributed by atoms with van der Waals surface area (Å²) in [5.41, 5.74) is 1.36. The molecule has 1 aromatic heterocycles. The van der Waals surface area contributed by atoms with Crippen molar-refractivity contribution in [1.82, 2.24) is 4.90 Å². The van der Waals surface area contributed by atoms with Gasteiger partial charge in [-0.05, 0) is 37.1 Å². The summed E-state index contributed by atoms with van der Waals surface area (Å²) in [6.45, 7) is 0.438. The van der Waals surface area contributed by atoms with Crippen molar-refractivity contribution in [3.63, 3.8) is 0 Å². The van der Waals surface area contributed by atoms with Crippen LogP contribution in [0.5, 0.6) is 11.5 Å². The highest BCUT2D eigenvalue weighted by molar-refractivity contribution is 7.20. The summed E-state index contributed by atoms with van der Waals surface area (Å²) in [7, 11) is 3.23. The third-order valence-electron chi connectivity index (χ3n) is 3.96. The highest BCUT2D eigenvalue weighted by atomic mass is 35.5. The molecule has 0 unspecified atom stereocenters. The summed E-state index contributed by atoms with van der Waals surface area (Å²) in [5.74, 6) is 1.35. The number of nitrogens with zero attached hydrogens (tertiary/aromatic N) is 1. The van der Waals surface area contributed by atoms with E-state index in [1.807, 2.05) is 23.1 Å².